The van der Waals surface area contributed by atoms with Gasteiger partial charge < -0.3 is 20.6 Å². The molecular formula is C13H20N4O3S. The van der Waals surface area contributed by atoms with Crippen molar-refractivity contribution in [3.05, 3.63) is 15.6 Å². The van der Waals surface area contributed by atoms with Gasteiger partial charge in [0.25, 0.3) is 0 Å². The number of thiazole rings is 1. The molecule has 0 radical (unpaired) electrons. The summed E-state index contributed by atoms with van der Waals surface area (Å²) < 4.78 is 0. The van der Waals surface area contributed by atoms with Gasteiger partial charge in [0.05, 0.1) is 12.2 Å². The molecule has 7 nitrogen and oxygen atoms in total. The van der Waals surface area contributed by atoms with Gasteiger partial charge in [-0.1, -0.05) is 0 Å². The van der Waals surface area contributed by atoms with Crippen LogP contribution in [0.25, 0.3) is 0 Å². The van der Waals surface area contributed by atoms with Crippen molar-refractivity contribution < 1.29 is 14.7 Å². The summed E-state index contributed by atoms with van der Waals surface area (Å²) in [6, 6.07) is -0.241. The van der Waals surface area contributed by atoms with Crippen molar-refractivity contribution in [3.8, 4) is 0 Å². The number of nitrogens with zero attached hydrogens (tertiary/aromatic N) is 2. The number of likely N-dealkylation sites (tertiary alicyclic amines) is 1. The first-order valence-electron chi connectivity index (χ1n) is 6.85. The summed E-state index contributed by atoms with van der Waals surface area (Å²) in [6.45, 7) is 4.64. The molecule has 1 saturated heterocycles. The van der Waals surface area contributed by atoms with Gasteiger partial charge >= 0.3 is 12.0 Å². The summed E-state index contributed by atoms with van der Waals surface area (Å²) in [6.07, 6.45) is 1.10. The van der Waals surface area contributed by atoms with Crippen LogP contribution in [0.5, 0.6) is 0 Å². The molecule has 1 atom stereocenters. The molecule has 1 aliphatic heterocycles. The van der Waals surface area contributed by atoms with Crippen LogP contribution in [0.15, 0.2) is 0 Å². The van der Waals surface area contributed by atoms with Gasteiger partial charge in [0.15, 0.2) is 0 Å². The Morgan fingerprint density at radius 1 is 1.48 bits per heavy atom. The number of urea groups is 1. The van der Waals surface area contributed by atoms with E-state index in [9.17, 15) is 9.59 Å². The Morgan fingerprint density at radius 2 is 2.24 bits per heavy atom. The highest BCUT2D eigenvalue weighted by Gasteiger charge is 2.20. The van der Waals surface area contributed by atoms with Gasteiger partial charge in [0, 0.05) is 13.1 Å². The number of hydrogen-bond donors (Lipinski definition) is 3. The largest absolute Gasteiger partial charge is 0.477 e. The Hall–Kier alpha value is -1.67. The fraction of sp³-hybridized carbons (Fsp3) is 0.615. The van der Waals surface area contributed by atoms with Crippen LogP contribution in [0, 0.1) is 12.8 Å². The van der Waals surface area contributed by atoms with Crippen molar-refractivity contribution in [2.45, 2.75) is 19.9 Å². The fourth-order valence-corrected chi connectivity index (χ4v) is 3.22. The number of nitrogens with one attached hydrogen (secondary N) is 2. The third kappa shape index (κ3) is 4.40. The van der Waals surface area contributed by atoms with Crippen LogP contribution in [0.3, 0.4) is 0 Å². The molecule has 1 unspecified atom stereocenters. The van der Waals surface area contributed by atoms with E-state index in [0.717, 1.165) is 30.8 Å². The average Bonchev–Trinajstić information content (AvgIpc) is 3.00. The van der Waals surface area contributed by atoms with E-state index in [4.69, 9.17) is 5.11 Å². The summed E-state index contributed by atoms with van der Waals surface area (Å²) in [7, 11) is 2.07. The zero-order valence-electron chi connectivity index (χ0n) is 12.2. The summed E-state index contributed by atoms with van der Waals surface area (Å²) >= 11 is 1.09. The zero-order valence-corrected chi connectivity index (χ0v) is 13.0. The molecule has 1 aromatic heterocycles. The van der Waals surface area contributed by atoms with Crippen LogP contribution in [0.4, 0.5) is 4.79 Å². The predicted octanol–water partition coefficient (Wildman–Crippen LogP) is 0.901. The first kappa shape index (κ1) is 15.7. The van der Waals surface area contributed by atoms with E-state index in [1.54, 1.807) is 6.92 Å². The number of aryl methyl sites for hydroxylation is 1. The molecule has 0 aliphatic carbocycles. The number of amides is 2. The minimum atomic E-state index is -0.981. The normalized spacial score (nSPS) is 18.7. The van der Waals surface area contributed by atoms with E-state index in [0.29, 0.717) is 23.2 Å². The third-order valence-electron chi connectivity index (χ3n) is 3.48. The lowest BCUT2D eigenvalue weighted by Crippen LogP contribution is -2.38. The predicted molar refractivity (Wildman–Crippen MR) is 79.7 cm³/mol. The summed E-state index contributed by atoms with van der Waals surface area (Å²) in [5.74, 6) is -0.479. The van der Waals surface area contributed by atoms with Crippen molar-refractivity contribution in [2.24, 2.45) is 5.92 Å². The second kappa shape index (κ2) is 6.86. The third-order valence-corrected chi connectivity index (χ3v) is 4.62. The lowest BCUT2D eigenvalue weighted by atomic mass is 10.1. The first-order valence-corrected chi connectivity index (χ1v) is 7.67. The standard InChI is InChI=1S/C13H20N4O3S/c1-8-11(12(18)19)21-10(16-8)6-15-13(20)14-5-9-3-4-17(2)7-9/h9H,3-7H2,1-2H3,(H,18,19)(H2,14,15,20). The zero-order chi connectivity index (χ0) is 15.4. The Morgan fingerprint density at radius 3 is 2.81 bits per heavy atom. The number of aromatic carboxylic acids is 1. The van der Waals surface area contributed by atoms with Gasteiger partial charge in [0.1, 0.15) is 9.88 Å². The molecule has 1 aromatic rings. The van der Waals surface area contributed by atoms with Crippen molar-refractivity contribution in [1.82, 2.24) is 20.5 Å². The van der Waals surface area contributed by atoms with E-state index in [2.05, 4.69) is 27.6 Å². The van der Waals surface area contributed by atoms with E-state index >= 15 is 0 Å². The lowest BCUT2D eigenvalue weighted by molar-refractivity contribution is 0.0701. The van der Waals surface area contributed by atoms with Gasteiger partial charge in [-0.15, -0.1) is 11.3 Å². The maximum absolute atomic E-state index is 11.7. The Bertz CT molecular complexity index is 531. The van der Waals surface area contributed by atoms with Crippen molar-refractivity contribution in [3.63, 3.8) is 0 Å². The Labute approximate surface area is 127 Å². The topological polar surface area (TPSA) is 94.6 Å². The van der Waals surface area contributed by atoms with Gasteiger partial charge in [-0.05, 0) is 32.9 Å². The van der Waals surface area contributed by atoms with Crippen molar-refractivity contribution in [1.29, 1.82) is 0 Å². The SMILES string of the molecule is Cc1nc(CNC(=O)NCC2CCN(C)C2)sc1C(=O)O. The second-order valence-corrected chi connectivity index (χ2v) is 6.39. The van der Waals surface area contributed by atoms with E-state index in [1.165, 1.54) is 0 Å². The quantitative estimate of drug-likeness (QED) is 0.751. The number of carbonyl (C=O) groups is 2. The monoisotopic (exact) mass is 312 g/mol. The number of hydrogen-bond acceptors (Lipinski definition) is 5. The molecule has 0 spiro atoms. The molecular weight excluding hydrogens is 292 g/mol. The van der Waals surface area contributed by atoms with E-state index in [1.807, 2.05) is 0 Å². The van der Waals surface area contributed by atoms with Crippen LogP contribution in [0.1, 0.15) is 26.8 Å². The first-order chi connectivity index (χ1) is 9.95. The average molecular weight is 312 g/mol. The molecule has 1 fully saturated rings. The number of carbonyl (C=O) groups excluding carboxylic acids is 1. The number of carboxylic acid groups (broad SMARTS) is 1. The maximum Gasteiger partial charge on any atom is 0.347 e. The smallest absolute Gasteiger partial charge is 0.347 e. The molecule has 2 amide bonds. The van der Waals surface area contributed by atoms with E-state index < -0.39 is 5.97 Å². The van der Waals surface area contributed by atoms with Crippen LogP contribution in [-0.2, 0) is 6.54 Å². The van der Waals surface area contributed by atoms with Gasteiger partial charge in [0.2, 0.25) is 0 Å². The summed E-state index contributed by atoms with van der Waals surface area (Å²) in [5, 5.41) is 15.1. The molecule has 8 heteroatoms. The minimum Gasteiger partial charge on any atom is -0.477 e. The highest BCUT2D eigenvalue weighted by Crippen LogP contribution is 2.17. The highest BCUT2D eigenvalue weighted by atomic mass is 32.1. The fourth-order valence-electron chi connectivity index (χ4n) is 2.37. The molecule has 0 bridgehead atoms. The molecule has 21 heavy (non-hydrogen) atoms. The number of aromatic nitrogens is 1. The van der Waals surface area contributed by atoms with Crippen molar-refractivity contribution >= 4 is 23.3 Å². The molecule has 116 valence electrons. The Balaban J connectivity index is 1.73. The van der Waals surface area contributed by atoms with Gasteiger partial charge in [-0.25, -0.2) is 14.6 Å². The number of rotatable bonds is 5. The van der Waals surface area contributed by atoms with Crippen molar-refractivity contribution in [2.75, 3.05) is 26.7 Å². The molecule has 2 rings (SSSR count). The van der Waals surface area contributed by atoms with Crippen LogP contribution in [-0.4, -0.2) is 53.7 Å². The van der Waals surface area contributed by atoms with Gasteiger partial charge in [-0.3, -0.25) is 0 Å². The Kier molecular flexibility index (Phi) is 5.13. The highest BCUT2D eigenvalue weighted by molar-refractivity contribution is 7.13. The van der Waals surface area contributed by atoms with Gasteiger partial charge in [-0.2, -0.15) is 0 Å². The molecule has 1 aliphatic rings. The van der Waals surface area contributed by atoms with Crippen LogP contribution >= 0.6 is 11.3 Å². The minimum absolute atomic E-state index is 0.223. The second-order valence-electron chi connectivity index (χ2n) is 5.31. The van der Waals surface area contributed by atoms with E-state index in [-0.39, 0.29) is 17.5 Å². The molecule has 3 N–H and O–H groups in total. The molecule has 0 saturated carbocycles. The number of carboxylic acids is 1. The molecule has 0 aromatic carbocycles. The van der Waals surface area contributed by atoms with Crippen LogP contribution in [0.2, 0.25) is 0 Å². The summed E-state index contributed by atoms with van der Waals surface area (Å²) in [4.78, 5) is 29.2. The lowest BCUT2D eigenvalue weighted by Gasteiger charge is -2.12. The maximum atomic E-state index is 11.7. The summed E-state index contributed by atoms with van der Waals surface area (Å²) in [5.41, 5.74) is 0.485. The molecule has 2 heterocycles. The van der Waals surface area contributed by atoms with Crippen LogP contribution < -0.4 is 10.6 Å².